The van der Waals surface area contributed by atoms with E-state index in [1.54, 1.807) is 18.0 Å². The van der Waals surface area contributed by atoms with Crippen molar-refractivity contribution in [3.05, 3.63) is 21.3 Å². The molecule has 1 aromatic rings. The van der Waals surface area contributed by atoms with Gasteiger partial charge >= 0.3 is 0 Å². The first-order chi connectivity index (χ1) is 7.54. The molecule has 0 spiro atoms. The molecule has 0 bridgehead atoms. The molecule has 0 aromatic carbocycles. The quantitative estimate of drug-likeness (QED) is 0.834. The first-order valence-electron chi connectivity index (χ1n) is 4.73. The summed E-state index contributed by atoms with van der Waals surface area (Å²) in [6.07, 6.45) is 5.37. The third kappa shape index (κ3) is 3.53. The monoisotopic (exact) mass is 256 g/mol. The lowest BCUT2D eigenvalue weighted by Gasteiger charge is -2.19. The van der Waals surface area contributed by atoms with Gasteiger partial charge in [-0.05, 0) is 12.1 Å². The van der Waals surface area contributed by atoms with Gasteiger partial charge in [-0.3, -0.25) is 4.79 Å². The van der Waals surface area contributed by atoms with E-state index in [4.69, 9.17) is 23.8 Å². The summed E-state index contributed by atoms with van der Waals surface area (Å²) < 4.78 is 0.712. The summed E-state index contributed by atoms with van der Waals surface area (Å²) in [5.41, 5.74) is 5.63. The zero-order valence-electron chi connectivity index (χ0n) is 8.94. The molecule has 0 fully saturated rings. The highest BCUT2D eigenvalue weighted by atomic mass is 35.5. The summed E-state index contributed by atoms with van der Waals surface area (Å²) in [6, 6.07) is 3.08. The van der Waals surface area contributed by atoms with Gasteiger partial charge in [-0.1, -0.05) is 11.6 Å². The normalized spacial score (nSPS) is 11.9. The molecule has 0 radical (unpaired) electrons. The lowest BCUT2D eigenvalue weighted by Crippen LogP contribution is -2.41. The zero-order valence-corrected chi connectivity index (χ0v) is 10.5. The van der Waals surface area contributed by atoms with Crippen LogP contribution >= 0.6 is 22.9 Å². The average molecular weight is 257 g/mol. The Morgan fingerprint density at radius 1 is 1.75 bits per heavy atom. The van der Waals surface area contributed by atoms with Crippen LogP contribution in [0.15, 0.2) is 12.1 Å². The van der Waals surface area contributed by atoms with Crippen LogP contribution in [0.5, 0.6) is 0 Å². The van der Waals surface area contributed by atoms with Crippen LogP contribution in [0, 0.1) is 12.3 Å². The van der Waals surface area contributed by atoms with Gasteiger partial charge in [-0.15, -0.1) is 23.7 Å². The van der Waals surface area contributed by atoms with Crippen molar-refractivity contribution in [3.63, 3.8) is 0 Å². The van der Waals surface area contributed by atoms with Crippen molar-refractivity contribution >= 4 is 28.8 Å². The molecule has 0 saturated heterocycles. The lowest BCUT2D eigenvalue weighted by molar-refractivity contribution is -0.131. The minimum absolute atomic E-state index is 0.150. The molecule has 1 heterocycles. The Morgan fingerprint density at radius 3 is 2.94 bits per heavy atom. The van der Waals surface area contributed by atoms with Gasteiger partial charge < -0.3 is 10.6 Å². The molecular formula is C11H13ClN2OS. The Balaban J connectivity index is 2.55. The Bertz CT molecular complexity index is 410. The molecule has 0 aliphatic rings. The molecule has 0 aliphatic carbocycles. The first kappa shape index (κ1) is 13.0. The second-order valence-corrected chi connectivity index (χ2v) is 5.21. The number of nitrogens with two attached hydrogens (primary N) is 1. The van der Waals surface area contributed by atoms with Crippen molar-refractivity contribution in [2.45, 2.75) is 19.0 Å². The number of nitrogens with zero attached hydrogens (tertiary/aromatic N) is 1. The lowest BCUT2D eigenvalue weighted by atomic mass is 10.2. The molecule has 1 aromatic heterocycles. The number of terminal acetylenes is 1. The van der Waals surface area contributed by atoms with E-state index in [2.05, 4.69) is 5.92 Å². The number of thiophene rings is 1. The molecule has 0 aliphatic heterocycles. The van der Waals surface area contributed by atoms with Gasteiger partial charge in [0.15, 0.2) is 0 Å². The number of hydrogen-bond donors (Lipinski definition) is 1. The second kappa shape index (κ2) is 5.90. The van der Waals surface area contributed by atoms with Crippen LogP contribution in [0.25, 0.3) is 0 Å². The molecule has 1 atom stereocenters. The predicted molar refractivity (Wildman–Crippen MR) is 67.2 cm³/mol. The molecule has 5 heteroatoms. The Hall–Kier alpha value is -1.02. The van der Waals surface area contributed by atoms with E-state index < -0.39 is 6.04 Å². The van der Waals surface area contributed by atoms with Gasteiger partial charge in [-0.2, -0.15) is 0 Å². The summed E-state index contributed by atoms with van der Waals surface area (Å²) in [5.74, 6) is 2.23. The number of amides is 1. The number of rotatable bonds is 4. The molecule has 1 rings (SSSR count). The van der Waals surface area contributed by atoms with Crippen LogP contribution in [-0.4, -0.2) is 23.9 Å². The van der Waals surface area contributed by atoms with Gasteiger partial charge in [-0.25, -0.2) is 0 Å². The molecule has 86 valence electrons. The maximum atomic E-state index is 11.7. The maximum absolute atomic E-state index is 11.7. The maximum Gasteiger partial charge on any atom is 0.240 e. The van der Waals surface area contributed by atoms with E-state index >= 15 is 0 Å². The Labute approximate surface area is 104 Å². The number of halogens is 1. The standard InChI is InChI=1S/C11H13ClN2OS/c1-3-4-9(13)11(15)14(2)7-8-5-6-10(12)16-8/h1,5-6,9H,4,7,13H2,2H3. The van der Waals surface area contributed by atoms with Crippen LogP contribution in [-0.2, 0) is 11.3 Å². The van der Waals surface area contributed by atoms with E-state index in [9.17, 15) is 4.79 Å². The number of carbonyl (C=O) groups excluding carboxylic acids is 1. The first-order valence-corrected chi connectivity index (χ1v) is 5.92. The van der Waals surface area contributed by atoms with Crippen LogP contribution in [0.3, 0.4) is 0 Å². The Morgan fingerprint density at radius 2 is 2.44 bits per heavy atom. The molecule has 3 nitrogen and oxygen atoms in total. The molecule has 1 unspecified atom stereocenters. The molecule has 1 amide bonds. The number of hydrogen-bond acceptors (Lipinski definition) is 3. The summed E-state index contributed by atoms with van der Waals surface area (Å²) in [4.78, 5) is 14.3. The van der Waals surface area contributed by atoms with E-state index in [0.717, 1.165) is 4.88 Å². The van der Waals surface area contributed by atoms with Gasteiger partial charge in [0.05, 0.1) is 16.9 Å². The topological polar surface area (TPSA) is 46.3 Å². The summed E-state index contributed by atoms with van der Waals surface area (Å²) >= 11 is 7.25. The van der Waals surface area contributed by atoms with Crippen molar-refractivity contribution in [1.29, 1.82) is 0 Å². The third-order valence-corrected chi connectivity index (χ3v) is 3.27. The van der Waals surface area contributed by atoms with Crippen molar-refractivity contribution in [2.24, 2.45) is 5.73 Å². The summed E-state index contributed by atoms with van der Waals surface area (Å²) in [5, 5.41) is 0. The minimum atomic E-state index is -0.620. The molecule has 16 heavy (non-hydrogen) atoms. The Kier molecular flexibility index (Phi) is 4.81. The third-order valence-electron chi connectivity index (χ3n) is 2.05. The highest BCUT2D eigenvalue weighted by Gasteiger charge is 2.17. The van der Waals surface area contributed by atoms with Crippen LogP contribution < -0.4 is 5.73 Å². The minimum Gasteiger partial charge on any atom is -0.339 e. The van der Waals surface area contributed by atoms with Gasteiger partial charge in [0.2, 0.25) is 5.91 Å². The zero-order chi connectivity index (χ0) is 12.1. The average Bonchev–Trinajstić information content (AvgIpc) is 2.63. The number of carbonyl (C=O) groups is 1. The summed E-state index contributed by atoms with van der Waals surface area (Å²) in [6.45, 7) is 0.508. The van der Waals surface area contributed by atoms with E-state index in [0.29, 0.717) is 10.9 Å². The van der Waals surface area contributed by atoms with Gasteiger partial charge in [0.1, 0.15) is 0 Å². The molecule has 0 saturated carbocycles. The molecule has 2 N–H and O–H groups in total. The molecular weight excluding hydrogens is 244 g/mol. The fourth-order valence-corrected chi connectivity index (χ4v) is 2.39. The van der Waals surface area contributed by atoms with Gasteiger partial charge in [0, 0.05) is 18.3 Å². The fourth-order valence-electron chi connectivity index (χ4n) is 1.25. The van der Waals surface area contributed by atoms with Gasteiger partial charge in [0.25, 0.3) is 0 Å². The van der Waals surface area contributed by atoms with E-state index in [1.165, 1.54) is 11.3 Å². The summed E-state index contributed by atoms with van der Waals surface area (Å²) in [7, 11) is 1.70. The van der Waals surface area contributed by atoms with Crippen molar-refractivity contribution in [3.8, 4) is 12.3 Å². The van der Waals surface area contributed by atoms with E-state index in [1.807, 2.05) is 6.07 Å². The van der Waals surface area contributed by atoms with Crippen molar-refractivity contribution in [2.75, 3.05) is 7.05 Å². The van der Waals surface area contributed by atoms with Crippen LogP contribution in [0.2, 0.25) is 4.34 Å². The van der Waals surface area contributed by atoms with Crippen molar-refractivity contribution < 1.29 is 4.79 Å². The SMILES string of the molecule is C#CCC(N)C(=O)N(C)Cc1ccc(Cl)s1. The second-order valence-electron chi connectivity index (χ2n) is 3.41. The smallest absolute Gasteiger partial charge is 0.240 e. The van der Waals surface area contributed by atoms with Crippen molar-refractivity contribution in [1.82, 2.24) is 4.90 Å². The highest BCUT2D eigenvalue weighted by molar-refractivity contribution is 7.16. The largest absolute Gasteiger partial charge is 0.339 e. The van der Waals surface area contributed by atoms with Crippen LogP contribution in [0.4, 0.5) is 0 Å². The predicted octanol–water partition coefficient (Wildman–Crippen LogP) is 1.71. The van der Waals surface area contributed by atoms with E-state index in [-0.39, 0.29) is 12.3 Å². The fraction of sp³-hybridized carbons (Fsp3) is 0.364. The number of likely N-dealkylation sites (N-methyl/N-ethyl adjacent to an activating group) is 1. The highest BCUT2D eigenvalue weighted by Crippen LogP contribution is 2.22. The van der Waals surface area contributed by atoms with Crippen LogP contribution in [0.1, 0.15) is 11.3 Å².